The van der Waals surface area contributed by atoms with Crippen LogP contribution >= 0.6 is 45.8 Å². The molecule has 0 bridgehead atoms. The molecule has 35 heavy (non-hydrogen) atoms. The fraction of sp³-hybridized carbons (Fsp3) is 0.143. The summed E-state index contributed by atoms with van der Waals surface area (Å²) in [5.74, 6) is -0.0420. The van der Waals surface area contributed by atoms with Crippen LogP contribution in [0, 0.1) is 3.57 Å². The summed E-state index contributed by atoms with van der Waals surface area (Å²) >= 11 is 15.0. The minimum atomic E-state index is -0.134. The second kappa shape index (κ2) is 9.12. The van der Waals surface area contributed by atoms with Crippen LogP contribution in [0.2, 0.25) is 10.0 Å². The second-order valence-electron chi connectivity index (χ2n) is 8.85. The van der Waals surface area contributed by atoms with E-state index in [9.17, 15) is 4.79 Å². The number of anilines is 1. The van der Waals surface area contributed by atoms with E-state index in [1.54, 1.807) is 12.1 Å². The first-order chi connectivity index (χ1) is 17.0. The van der Waals surface area contributed by atoms with E-state index >= 15 is 0 Å². The van der Waals surface area contributed by atoms with Crippen LogP contribution in [0.3, 0.4) is 0 Å². The molecule has 0 aliphatic carbocycles. The zero-order chi connectivity index (χ0) is 24.1. The molecule has 0 N–H and O–H groups in total. The van der Waals surface area contributed by atoms with Crippen molar-refractivity contribution in [3.05, 3.63) is 109 Å². The highest BCUT2D eigenvalue weighted by Crippen LogP contribution is 2.40. The van der Waals surface area contributed by atoms with Crippen molar-refractivity contribution in [2.75, 3.05) is 5.01 Å². The highest BCUT2D eigenvalue weighted by molar-refractivity contribution is 14.1. The number of halogens is 3. The summed E-state index contributed by atoms with van der Waals surface area (Å²) in [6, 6.07) is 26.1. The van der Waals surface area contributed by atoms with Gasteiger partial charge < -0.3 is 4.90 Å². The van der Waals surface area contributed by atoms with Crippen molar-refractivity contribution < 1.29 is 4.79 Å². The fourth-order valence-corrected chi connectivity index (χ4v) is 5.89. The predicted octanol–water partition coefficient (Wildman–Crippen LogP) is 7.60. The van der Waals surface area contributed by atoms with Crippen LogP contribution in [0.25, 0.3) is 10.8 Å². The summed E-state index contributed by atoms with van der Waals surface area (Å²) in [5, 5.41) is 10.2. The minimum Gasteiger partial charge on any atom is -0.329 e. The van der Waals surface area contributed by atoms with Gasteiger partial charge in [-0.1, -0.05) is 71.7 Å². The lowest BCUT2D eigenvalue weighted by molar-refractivity contribution is -0.125. The summed E-state index contributed by atoms with van der Waals surface area (Å²) in [7, 11) is 0. The smallest absolute Gasteiger partial charge is 0.270 e. The van der Waals surface area contributed by atoms with Gasteiger partial charge >= 0.3 is 0 Å². The molecule has 6 rings (SSSR count). The van der Waals surface area contributed by atoms with E-state index in [1.807, 2.05) is 16.0 Å². The number of benzene rings is 4. The molecule has 174 valence electrons. The Morgan fingerprint density at radius 1 is 0.914 bits per heavy atom. The molecule has 4 aromatic rings. The first-order valence-electron chi connectivity index (χ1n) is 11.3. The summed E-state index contributed by atoms with van der Waals surface area (Å²) in [6.45, 7) is 1.14. The van der Waals surface area contributed by atoms with Crippen LogP contribution in [0.4, 0.5) is 5.69 Å². The molecule has 2 aliphatic rings. The maximum atomic E-state index is 13.8. The Labute approximate surface area is 227 Å². The van der Waals surface area contributed by atoms with E-state index in [0.717, 1.165) is 14.8 Å². The molecular weight excluding hydrogens is 592 g/mol. The zero-order valence-electron chi connectivity index (χ0n) is 18.6. The number of hydrogen-bond acceptors (Lipinski definition) is 3. The molecule has 4 nitrogen and oxygen atoms in total. The molecule has 1 unspecified atom stereocenters. The van der Waals surface area contributed by atoms with Gasteiger partial charge in [-0.2, -0.15) is 5.10 Å². The SMILES string of the molecule is O=C(C1=NN(c2ccc(Cl)cc2Cl)C(c2ccc(I)cc2)C1)N1Cc2cccc3cccc(c23)C1. The Morgan fingerprint density at radius 2 is 1.60 bits per heavy atom. The molecule has 0 spiro atoms. The summed E-state index contributed by atoms with van der Waals surface area (Å²) < 4.78 is 1.15. The minimum absolute atomic E-state index is 0.0420. The molecule has 0 aromatic heterocycles. The normalized spacial score (nSPS) is 17.1. The van der Waals surface area contributed by atoms with Crippen LogP contribution in [0.5, 0.6) is 0 Å². The largest absolute Gasteiger partial charge is 0.329 e. The van der Waals surface area contributed by atoms with Crippen LogP contribution < -0.4 is 5.01 Å². The quantitative estimate of drug-likeness (QED) is 0.224. The number of carbonyl (C=O) groups excluding carboxylic acids is 1. The van der Waals surface area contributed by atoms with Gasteiger partial charge in [0.1, 0.15) is 5.71 Å². The Morgan fingerprint density at radius 3 is 2.26 bits per heavy atom. The Kier molecular flexibility index (Phi) is 5.95. The molecule has 0 saturated heterocycles. The zero-order valence-corrected chi connectivity index (χ0v) is 22.3. The highest BCUT2D eigenvalue weighted by Gasteiger charge is 2.36. The number of rotatable bonds is 3. The van der Waals surface area contributed by atoms with Crippen LogP contribution in [0.15, 0.2) is 84.0 Å². The molecule has 2 heterocycles. The van der Waals surface area contributed by atoms with Gasteiger partial charge in [-0.15, -0.1) is 0 Å². The Balaban J connectivity index is 1.36. The lowest BCUT2D eigenvalue weighted by Gasteiger charge is -2.29. The summed E-state index contributed by atoms with van der Waals surface area (Å²) in [4.78, 5) is 15.7. The first kappa shape index (κ1) is 22.8. The van der Waals surface area contributed by atoms with Crippen molar-refractivity contribution >= 4 is 73.9 Å². The van der Waals surface area contributed by atoms with Crippen molar-refractivity contribution in [2.45, 2.75) is 25.6 Å². The molecule has 0 fully saturated rings. The molecule has 4 aromatic carbocycles. The lowest BCUT2D eigenvalue weighted by atomic mass is 9.94. The van der Waals surface area contributed by atoms with Crippen molar-refractivity contribution in [2.24, 2.45) is 5.10 Å². The van der Waals surface area contributed by atoms with E-state index in [1.165, 1.54) is 21.9 Å². The maximum Gasteiger partial charge on any atom is 0.270 e. The van der Waals surface area contributed by atoms with Crippen molar-refractivity contribution in [1.29, 1.82) is 0 Å². The number of nitrogens with zero attached hydrogens (tertiary/aromatic N) is 3. The van der Waals surface area contributed by atoms with Crippen LogP contribution in [0.1, 0.15) is 29.2 Å². The molecule has 2 aliphatic heterocycles. The van der Waals surface area contributed by atoms with Gasteiger partial charge in [-0.05, 0) is 80.4 Å². The van der Waals surface area contributed by atoms with Crippen molar-refractivity contribution in [1.82, 2.24) is 4.90 Å². The summed E-state index contributed by atoms with van der Waals surface area (Å²) in [6.07, 6.45) is 0.501. The van der Waals surface area contributed by atoms with E-state index in [4.69, 9.17) is 28.3 Å². The molecule has 7 heteroatoms. The first-order valence-corrected chi connectivity index (χ1v) is 13.2. The molecular formula is C28H20Cl2IN3O. The van der Waals surface area contributed by atoms with Gasteiger partial charge in [0.05, 0.1) is 16.8 Å². The molecule has 1 amide bonds. The van der Waals surface area contributed by atoms with Crippen molar-refractivity contribution in [3.8, 4) is 0 Å². The van der Waals surface area contributed by atoms with E-state index in [2.05, 4.69) is 83.3 Å². The van der Waals surface area contributed by atoms with E-state index in [0.29, 0.717) is 35.3 Å². The highest BCUT2D eigenvalue weighted by atomic mass is 127. The number of hydrogen-bond donors (Lipinski definition) is 0. The van der Waals surface area contributed by atoms with Gasteiger partial charge in [0.25, 0.3) is 5.91 Å². The molecule has 0 radical (unpaired) electrons. The van der Waals surface area contributed by atoms with Crippen LogP contribution in [-0.2, 0) is 17.9 Å². The van der Waals surface area contributed by atoms with Gasteiger partial charge in [0.15, 0.2) is 0 Å². The average molecular weight is 612 g/mol. The average Bonchev–Trinajstić information content (AvgIpc) is 3.29. The third-order valence-corrected chi connectivity index (χ3v) is 7.91. The van der Waals surface area contributed by atoms with Crippen molar-refractivity contribution in [3.63, 3.8) is 0 Å². The third-order valence-electron chi connectivity index (χ3n) is 6.66. The topological polar surface area (TPSA) is 35.9 Å². The predicted molar refractivity (Wildman–Crippen MR) is 151 cm³/mol. The van der Waals surface area contributed by atoms with Gasteiger partial charge in [0.2, 0.25) is 0 Å². The second-order valence-corrected chi connectivity index (χ2v) is 10.9. The molecule has 1 atom stereocenters. The number of hydrazone groups is 1. The standard InChI is InChI=1S/C28H20Cl2IN3O/c29-21-9-12-25(23(30)13-21)34-26(17-7-10-22(31)11-8-17)14-24(32-34)28(35)33-15-19-5-1-3-18-4-2-6-20(16-33)27(18)19/h1-13,26H,14-16H2. The third kappa shape index (κ3) is 4.20. The van der Waals surface area contributed by atoms with Crippen LogP contribution in [-0.4, -0.2) is 16.5 Å². The lowest BCUT2D eigenvalue weighted by Crippen LogP contribution is -2.37. The van der Waals surface area contributed by atoms with E-state index in [-0.39, 0.29) is 11.9 Å². The van der Waals surface area contributed by atoms with Gasteiger partial charge in [-0.3, -0.25) is 9.80 Å². The Hall–Kier alpha value is -2.61. The fourth-order valence-electron chi connectivity index (χ4n) is 5.03. The monoisotopic (exact) mass is 611 g/mol. The Bertz CT molecular complexity index is 1460. The van der Waals surface area contributed by atoms with E-state index < -0.39 is 0 Å². The van der Waals surface area contributed by atoms with Gasteiger partial charge in [-0.25, -0.2) is 0 Å². The number of carbonyl (C=O) groups is 1. The maximum absolute atomic E-state index is 13.8. The molecule has 0 saturated carbocycles. The summed E-state index contributed by atoms with van der Waals surface area (Å²) in [5.41, 5.74) is 4.69. The number of amides is 1. The van der Waals surface area contributed by atoms with Gasteiger partial charge in [0, 0.05) is 28.1 Å².